The summed E-state index contributed by atoms with van der Waals surface area (Å²) < 4.78 is 66.0. The number of ether oxygens (including phenoxy) is 3. The van der Waals surface area contributed by atoms with Gasteiger partial charge in [0, 0.05) is 0 Å². The maximum absolute atomic E-state index is 14.3. The van der Waals surface area contributed by atoms with Crippen LogP contribution in [0.25, 0.3) is 0 Å². The average Bonchev–Trinajstić information content (AvgIpc) is 2.70. The highest BCUT2D eigenvalue weighted by molar-refractivity contribution is 6.86. The standard InChI is InChI=1S/C13H20F4O4Si/c1-11(2,3)22(4,5)9(14)6-7-20-12(13(15,16)17)8-19-10(18)21-12/h6H,7-8H2,1-5H3. The van der Waals surface area contributed by atoms with Crippen LogP contribution in [0.1, 0.15) is 20.8 Å². The van der Waals surface area contributed by atoms with Gasteiger partial charge in [0.25, 0.3) is 0 Å². The van der Waals surface area contributed by atoms with Gasteiger partial charge in [0.05, 0.1) is 12.1 Å². The van der Waals surface area contributed by atoms with Crippen molar-refractivity contribution in [1.82, 2.24) is 0 Å². The second kappa shape index (κ2) is 5.84. The zero-order valence-electron chi connectivity index (χ0n) is 13.1. The number of alkyl halides is 3. The highest BCUT2D eigenvalue weighted by Gasteiger charge is 2.64. The van der Waals surface area contributed by atoms with Crippen LogP contribution in [0.4, 0.5) is 22.4 Å². The Morgan fingerprint density at radius 2 is 1.91 bits per heavy atom. The topological polar surface area (TPSA) is 44.8 Å². The van der Waals surface area contributed by atoms with Crippen molar-refractivity contribution in [3.8, 4) is 0 Å². The van der Waals surface area contributed by atoms with E-state index in [4.69, 9.17) is 0 Å². The fourth-order valence-corrected chi connectivity index (χ4v) is 2.81. The number of halogens is 4. The van der Waals surface area contributed by atoms with Gasteiger partial charge in [-0.3, -0.25) is 0 Å². The summed E-state index contributed by atoms with van der Waals surface area (Å²) in [6, 6.07) is 0. The summed E-state index contributed by atoms with van der Waals surface area (Å²) in [6.07, 6.45) is -5.47. The van der Waals surface area contributed by atoms with Gasteiger partial charge < -0.3 is 14.2 Å². The van der Waals surface area contributed by atoms with E-state index in [1.54, 1.807) is 13.1 Å². The van der Waals surface area contributed by atoms with Crippen molar-refractivity contribution in [2.24, 2.45) is 0 Å². The van der Waals surface area contributed by atoms with E-state index in [1.165, 1.54) is 0 Å². The minimum atomic E-state index is -4.97. The van der Waals surface area contributed by atoms with Crippen LogP contribution < -0.4 is 0 Å². The highest BCUT2D eigenvalue weighted by Crippen LogP contribution is 2.42. The van der Waals surface area contributed by atoms with Crippen molar-refractivity contribution >= 4 is 14.2 Å². The molecular weight excluding hydrogens is 324 g/mol. The van der Waals surface area contributed by atoms with Crippen molar-refractivity contribution in [1.29, 1.82) is 0 Å². The van der Waals surface area contributed by atoms with E-state index in [0.717, 1.165) is 6.08 Å². The summed E-state index contributed by atoms with van der Waals surface area (Å²) >= 11 is 0. The summed E-state index contributed by atoms with van der Waals surface area (Å²) in [5, 5.41) is -0.307. The predicted octanol–water partition coefficient (Wildman–Crippen LogP) is 4.33. The van der Waals surface area contributed by atoms with Gasteiger partial charge in [-0.25, -0.2) is 9.18 Å². The smallest absolute Gasteiger partial charge is 0.427 e. The normalized spacial score (nSPS) is 24.2. The molecule has 0 aromatic rings. The van der Waals surface area contributed by atoms with Crippen LogP contribution in [0.2, 0.25) is 18.1 Å². The Bertz CT molecular complexity index is 468. The molecule has 128 valence electrons. The molecule has 1 heterocycles. The molecular formula is C13H20F4O4Si. The Hall–Kier alpha value is -1.09. The Morgan fingerprint density at radius 1 is 1.36 bits per heavy atom. The molecule has 1 atom stereocenters. The van der Waals surface area contributed by atoms with Gasteiger partial charge in [-0.1, -0.05) is 33.9 Å². The number of carbonyl (C=O) groups excluding carboxylic acids is 1. The van der Waals surface area contributed by atoms with Crippen LogP contribution >= 0.6 is 0 Å². The molecule has 1 unspecified atom stereocenters. The lowest BCUT2D eigenvalue weighted by Crippen LogP contribution is -2.50. The van der Waals surface area contributed by atoms with E-state index in [1.807, 2.05) is 20.8 Å². The number of rotatable bonds is 4. The molecule has 0 bridgehead atoms. The molecule has 9 heteroatoms. The number of hydrogen-bond acceptors (Lipinski definition) is 4. The van der Waals surface area contributed by atoms with Crippen molar-refractivity contribution in [2.45, 2.75) is 50.9 Å². The number of cyclic esters (lactones) is 2. The van der Waals surface area contributed by atoms with Crippen LogP contribution in [-0.4, -0.2) is 39.4 Å². The van der Waals surface area contributed by atoms with Crippen LogP contribution in [0.5, 0.6) is 0 Å². The molecule has 0 radical (unpaired) electrons. The van der Waals surface area contributed by atoms with E-state index in [2.05, 4.69) is 14.2 Å². The van der Waals surface area contributed by atoms with Crippen molar-refractivity contribution in [3.63, 3.8) is 0 Å². The molecule has 0 N–H and O–H groups in total. The molecule has 0 aliphatic carbocycles. The molecule has 0 aromatic carbocycles. The Labute approximate surface area is 127 Å². The lowest BCUT2D eigenvalue weighted by molar-refractivity contribution is -0.346. The van der Waals surface area contributed by atoms with Crippen molar-refractivity contribution in [2.75, 3.05) is 13.2 Å². The second-order valence-electron chi connectivity index (χ2n) is 6.63. The van der Waals surface area contributed by atoms with Gasteiger partial charge in [0.15, 0.2) is 6.61 Å². The molecule has 0 saturated carbocycles. The molecule has 0 aromatic heterocycles. The molecule has 0 amide bonds. The zero-order chi connectivity index (χ0) is 17.4. The number of carbonyl (C=O) groups is 1. The van der Waals surface area contributed by atoms with Gasteiger partial charge in [-0.15, -0.1) is 0 Å². The first-order valence-corrected chi connectivity index (χ1v) is 9.65. The van der Waals surface area contributed by atoms with Gasteiger partial charge in [-0.05, 0) is 11.1 Å². The summed E-state index contributed by atoms with van der Waals surface area (Å²) in [5.41, 5.74) is -0.470. The Morgan fingerprint density at radius 3 is 2.27 bits per heavy atom. The SMILES string of the molecule is CC(C)(C)[Si](C)(C)C(F)=CCOC1(C(F)(F)F)COC(=O)O1. The molecule has 4 nitrogen and oxygen atoms in total. The minimum absolute atomic E-state index is 0.307. The van der Waals surface area contributed by atoms with E-state index >= 15 is 0 Å². The minimum Gasteiger partial charge on any atom is -0.427 e. The maximum atomic E-state index is 14.3. The molecule has 1 aliphatic heterocycles. The van der Waals surface area contributed by atoms with Gasteiger partial charge in [0.2, 0.25) is 0 Å². The van der Waals surface area contributed by atoms with Gasteiger partial charge in [-0.2, -0.15) is 13.2 Å². The first kappa shape index (κ1) is 19.0. The maximum Gasteiger partial charge on any atom is 0.511 e. The van der Waals surface area contributed by atoms with E-state index in [-0.39, 0.29) is 5.04 Å². The van der Waals surface area contributed by atoms with Crippen molar-refractivity contribution in [3.05, 3.63) is 11.5 Å². The lowest BCUT2D eigenvalue weighted by atomic mass is 10.2. The van der Waals surface area contributed by atoms with E-state index in [0.29, 0.717) is 0 Å². The molecule has 22 heavy (non-hydrogen) atoms. The van der Waals surface area contributed by atoms with Crippen molar-refractivity contribution < 1.29 is 36.6 Å². The molecule has 1 aliphatic rings. The summed E-state index contributed by atoms with van der Waals surface area (Å²) in [5.74, 6) is -3.17. The first-order chi connectivity index (χ1) is 9.73. The fraction of sp³-hybridized carbons (Fsp3) is 0.769. The van der Waals surface area contributed by atoms with Crippen LogP contribution in [-0.2, 0) is 14.2 Å². The summed E-state index contributed by atoms with van der Waals surface area (Å²) in [6.45, 7) is 7.39. The summed E-state index contributed by atoms with van der Waals surface area (Å²) in [4.78, 5) is 10.8. The van der Waals surface area contributed by atoms with Gasteiger partial charge in [0.1, 0.15) is 8.07 Å². The Balaban J connectivity index is 2.84. The second-order valence-corrected chi connectivity index (χ2v) is 11.9. The molecule has 1 rings (SSSR count). The van der Waals surface area contributed by atoms with Crippen LogP contribution in [0.3, 0.4) is 0 Å². The van der Waals surface area contributed by atoms with E-state index < -0.39 is 44.9 Å². The lowest BCUT2D eigenvalue weighted by Gasteiger charge is -2.35. The first-order valence-electron chi connectivity index (χ1n) is 6.65. The van der Waals surface area contributed by atoms with Crippen LogP contribution in [0, 0.1) is 0 Å². The largest absolute Gasteiger partial charge is 0.511 e. The highest BCUT2D eigenvalue weighted by atomic mass is 28.3. The number of hydrogen-bond donors (Lipinski definition) is 0. The predicted molar refractivity (Wildman–Crippen MR) is 73.6 cm³/mol. The summed E-state index contributed by atoms with van der Waals surface area (Å²) in [7, 11) is -2.47. The quantitative estimate of drug-likeness (QED) is 0.433. The van der Waals surface area contributed by atoms with Gasteiger partial charge >= 0.3 is 18.1 Å². The molecule has 1 fully saturated rings. The molecule has 0 spiro atoms. The average molecular weight is 344 g/mol. The van der Waals surface area contributed by atoms with Crippen LogP contribution in [0.15, 0.2) is 11.5 Å². The zero-order valence-corrected chi connectivity index (χ0v) is 14.1. The third-order valence-electron chi connectivity index (χ3n) is 4.11. The monoisotopic (exact) mass is 344 g/mol. The fourth-order valence-electron chi connectivity index (χ4n) is 1.50. The third-order valence-corrected chi connectivity index (χ3v) is 9.26. The van der Waals surface area contributed by atoms with E-state index in [9.17, 15) is 22.4 Å². The third kappa shape index (κ3) is 3.62. The Kier molecular flexibility index (Phi) is 5.03. The molecule has 1 saturated heterocycles.